The Morgan fingerprint density at radius 1 is 1.24 bits per heavy atom. The first-order valence-corrected chi connectivity index (χ1v) is 12.8. The van der Waals surface area contributed by atoms with Gasteiger partial charge in [-0.15, -0.1) is 11.3 Å². The topological polar surface area (TPSA) is 87.8 Å². The maximum atomic E-state index is 13.8. The van der Waals surface area contributed by atoms with Gasteiger partial charge in [0, 0.05) is 4.88 Å². The lowest BCUT2D eigenvalue weighted by Crippen LogP contribution is -2.23. The number of aryl methyl sites for hydroxylation is 4. The average molecular weight is 487 g/mol. The molecule has 5 rings (SSSR count). The molecule has 1 aliphatic carbocycles. The molecule has 170 valence electrons. The van der Waals surface area contributed by atoms with E-state index in [0.717, 1.165) is 46.5 Å². The van der Waals surface area contributed by atoms with Crippen LogP contribution in [0.15, 0.2) is 52.4 Å². The number of nitriles is 1. The average Bonchev–Trinajstić information content (AvgIpc) is 3.40. The molecule has 0 saturated carbocycles. The smallest absolute Gasteiger partial charge is 0.267 e. The minimum atomic E-state index is -0.261. The fourth-order valence-electron chi connectivity index (χ4n) is 4.40. The maximum Gasteiger partial charge on any atom is 0.267 e. The summed E-state index contributed by atoms with van der Waals surface area (Å²) >= 11 is 2.82. The van der Waals surface area contributed by atoms with E-state index in [1.807, 2.05) is 32.0 Å². The van der Waals surface area contributed by atoms with Crippen molar-refractivity contribution < 1.29 is 4.79 Å². The molecule has 2 aromatic carbocycles. The number of amides is 1. The Balaban J connectivity index is 1.54. The molecule has 0 aliphatic heterocycles. The molecule has 4 aromatic rings. The van der Waals surface area contributed by atoms with Crippen molar-refractivity contribution in [3.05, 3.63) is 79.9 Å². The number of aromatic nitrogens is 2. The third-order valence-electron chi connectivity index (χ3n) is 5.96. The predicted octanol–water partition coefficient (Wildman–Crippen LogP) is 5.16. The number of carbonyl (C=O) groups excluding carboxylic acids is 1. The predicted molar refractivity (Wildman–Crippen MR) is 137 cm³/mol. The summed E-state index contributed by atoms with van der Waals surface area (Å²) in [5, 5.41) is 13.3. The molecule has 0 fully saturated rings. The Hall–Kier alpha value is -3.41. The van der Waals surface area contributed by atoms with Crippen LogP contribution in [0.2, 0.25) is 0 Å². The highest BCUT2D eigenvalue weighted by molar-refractivity contribution is 7.99. The van der Waals surface area contributed by atoms with Crippen molar-refractivity contribution in [2.75, 3.05) is 11.1 Å². The van der Waals surface area contributed by atoms with E-state index in [0.29, 0.717) is 21.8 Å². The molecule has 0 unspecified atom stereocenters. The Labute approximate surface area is 205 Å². The van der Waals surface area contributed by atoms with Crippen molar-refractivity contribution in [1.82, 2.24) is 9.55 Å². The standard InChI is InChI=1S/C26H22N4O2S2/c1-15-10-11-20(16(2)12-15)30-25(32)23-18-7-5-9-21(18)34-24(23)29-26(30)33-14-22(31)28-19-8-4-3-6-17(19)13-27/h3-4,6,8,10-12H,5,7,9,14H2,1-2H3,(H,28,31). The highest BCUT2D eigenvalue weighted by Crippen LogP contribution is 2.36. The maximum absolute atomic E-state index is 13.8. The number of hydrogen-bond acceptors (Lipinski definition) is 6. The van der Waals surface area contributed by atoms with E-state index >= 15 is 0 Å². The molecule has 1 aliphatic rings. The number of anilines is 1. The molecule has 6 nitrogen and oxygen atoms in total. The number of para-hydroxylation sites is 1. The Morgan fingerprint density at radius 2 is 2.06 bits per heavy atom. The quantitative estimate of drug-likeness (QED) is 0.311. The number of rotatable bonds is 5. The molecular formula is C26H22N4O2S2. The van der Waals surface area contributed by atoms with Crippen molar-refractivity contribution in [1.29, 1.82) is 5.26 Å². The van der Waals surface area contributed by atoms with Crippen LogP contribution in [0.4, 0.5) is 5.69 Å². The lowest BCUT2D eigenvalue weighted by atomic mass is 10.1. The van der Waals surface area contributed by atoms with E-state index in [4.69, 9.17) is 4.98 Å². The summed E-state index contributed by atoms with van der Waals surface area (Å²) in [5.74, 6) is -0.198. The van der Waals surface area contributed by atoms with Crippen molar-refractivity contribution in [3.8, 4) is 11.8 Å². The first-order chi connectivity index (χ1) is 16.5. The van der Waals surface area contributed by atoms with Crippen LogP contribution in [-0.4, -0.2) is 21.2 Å². The first kappa shape index (κ1) is 22.4. The summed E-state index contributed by atoms with van der Waals surface area (Å²) in [6.45, 7) is 4.00. The highest BCUT2D eigenvalue weighted by atomic mass is 32.2. The molecule has 34 heavy (non-hydrogen) atoms. The number of fused-ring (bicyclic) bond motifs is 3. The van der Waals surface area contributed by atoms with Gasteiger partial charge in [0.15, 0.2) is 5.16 Å². The second-order valence-electron chi connectivity index (χ2n) is 8.36. The van der Waals surface area contributed by atoms with Crippen LogP contribution in [0.3, 0.4) is 0 Å². The monoisotopic (exact) mass is 486 g/mol. The highest BCUT2D eigenvalue weighted by Gasteiger charge is 2.24. The normalized spacial score (nSPS) is 12.5. The second-order valence-corrected chi connectivity index (χ2v) is 10.4. The zero-order valence-electron chi connectivity index (χ0n) is 18.8. The van der Waals surface area contributed by atoms with Gasteiger partial charge in [0.25, 0.3) is 5.56 Å². The van der Waals surface area contributed by atoms with Gasteiger partial charge in [-0.1, -0.05) is 41.6 Å². The molecule has 2 heterocycles. The Kier molecular flexibility index (Phi) is 5.98. The second kappa shape index (κ2) is 9.09. The van der Waals surface area contributed by atoms with Gasteiger partial charge in [-0.25, -0.2) is 4.98 Å². The fraction of sp³-hybridized carbons (Fsp3) is 0.231. The van der Waals surface area contributed by atoms with E-state index in [1.54, 1.807) is 40.2 Å². The summed E-state index contributed by atoms with van der Waals surface area (Å²) in [6.07, 6.45) is 2.97. The number of hydrogen-bond donors (Lipinski definition) is 1. The number of thioether (sulfide) groups is 1. The molecular weight excluding hydrogens is 464 g/mol. The third-order valence-corrected chi connectivity index (χ3v) is 8.08. The summed E-state index contributed by atoms with van der Waals surface area (Å²) in [5.41, 5.74) is 4.81. The van der Waals surface area contributed by atoms with E-state index < -0.39 is 0 Å². The van der Waals surface area contributed by atoms with E-state index in [9.17, 15) is 14.9 Å². The van der Waals surface area contributed by atoms with E-state index in [-0.39, 0.29) is 17.2 Å². The molecule has 8 heteroatoms. The van der Waals surface area contributed by atoms with Gasteiger partial charge in [-0.05, 0) is 62.4 Å². The summed E-state index contributed by atoms with van der Waals surface area (Å²) < 4.78 is 1.66. The van der Waals surface area contributed by atoms with Crippen molar-refractivity contribution in [3.63, 3.8) is 0 Å². The number of nitrogens with one attached hydrogen (secondary N) is 1. The van der Waals surface area contributed by atoms with Gasteiger partial charge >= 0.3 is 0 Å². The van der Waals surface area contributed by atoms with Crippen LogP contribution >= 0.6 is 23.1 Å². The van der Waals surface area contributed by atoms with Crippen LogP contribution in [0.5, 0.6) is 0 Å². The van der Waals surface area contributed by atoms with Crippen LogP contribution in [0.25, 0.3) is 15.9 Å². The SMILES string of the molecule is Cc1ccc(-n2c(SCC(=O)Nc3ccccc3C#N)nc3sc4c(c3c2=O)CCC4)c(C)c1. The van der Waals surface area contributed by atoms with Crippen molar-refractivity contribution >= 4 is 44.9 Å². The lowest BCUT2D eigenvalue weighted by Gasteiger charge is -2.15. The first-order valence-electron chi connectivity index (χ1n) is 11.0. The van der Waals surface area contributed by atoms with Crippen LogP contribution in [0, 0.1) is 25.2 Å². The van der Waals surface area contributed by atoms with Gasteiger partial charge in [-0.3, -0.25) is 14.2 Å². The number of carbonyl (C=O) groups is 1. The summed E-state index contributed by atoms with van der Waals surface area (Å²) in [6, 6.07) is 14.9. The van der Waals surface area contributed by atoms with E-state index in [1.165, 1.54) is 16.6 Å². The van der Waals surface area contributed by atoms with Crippen molar-refractivity contribution in [2.24, 2.45) is 0 Å². The molecule has 0 atom stereocenters. The van der Waals surface area contributed by atoms with Crippen LogP contribution in [0.1, 0.15) is 33.6 Å². The van der Waals surface area contributed by atoms with Gasteiger partial charge < -0.3 is 5.32 Å². The van der Waals surface area contributed by atoms with Crippen molar-refractivity contribution in [2.45, 2.75) is 38.3 Å². The van der Waals surface area contributed by atoms with Gasteiger partial charge in [0.2, 0.25) is 5.91 Å². The molecule has 2 aromatic heterocycles. The molecule has 0 spiro atoms. The number of nitrogens with zero attached hydrogens (tertiary/aromatic N) is 3. The molecule has 0 saturated heterocycles. The number of benzene rings is 2. The fourth-order valence-corrected chi connectivity index (χ4v) is 6.50. The number of thiophene rings is 1. The summed E-state index contributed by atoms with van der Waals surface area (Å²) in [7, 11) is 0. The molecule has 1 N–H and O–H groups in total. The lowest BCUT2D eigenvalue weighted by molar-refractivity contribution is -0.113. The third kappa shape index (κ3) is 4.02. The van der Waals surface area contributed by atoms with Gasteiger partial charge in [0.05, 0.1) is 28.1 Å². The zero-order chi connectivity index (χ0) is 23.8. The van der Waals surface area contributed by atoms with Crippen LogP contribution in [-0.2, 0) is 17.6 Å². The van der Waals surface area contributed by atoms with E-state index in [2.05, 4.69) is 11.4 Å². The minimum absolute atomic E-state index is 0.0632. The van der Waals surface area contributed by atoms with Gasteiger partial charge in [0.1, 0.15) is 10.9 Å². The Morgan fingerprint density at radius 3 is 2.85 bits per heavy atom. The largest absolute Gasteiger partial charge is 0.324 e. The minimum Gasteiger partial charge on any atom is -0.324 e. The van der Waals surface area contributed by atoms with Gasteiger partial charge in [-0.2, -0.15) is 5.26 Å². The summed E-state index contributed by atoms with van der Waals surface area (Å²) in [4.78, 5) is 33.4. The zero-order valence-corrected chi connectivity index (χ0v) is 20.5. The molecule has 0 bridgehead atoms. The molecule has 0 radical (unpaired) electrons. The Bertz CT molecular complexity index is 1550. The molecule has 1 amide bonds. The van der Waals surface area contributed by atoms with Crippen LogP contribution < -0.4 is 10.9 Å².